The highest BCUT2D eigenvalue weighted by Gasteiger charge is 2.38. The monoisotopic (exact) mass is 329 g/mol. The van der Waals surface area contributed by atoms with Crippen LogP contribution in [0.4, 0.5) is 0 Å². The number of likely N-dealkylation sites (tertiary alicyclic amines) is 1. The van der Waals surface area contributed by atoms with Crippen LogP contribution >= 0.6 is 11.3 Å². The SMILES string of the molecule is Cc1cccc(-c2nc(CNC(=O)C3(C)CCN(C)C3)cs2)c1. The largest absolute Gasteiger partial charge is 0.350 e. The first-order chi connectivity index (χ1) is 11.0. The molecule has 1 aliphatic rings. The fourth-order valence-electron chi connectivity index (χ4n) is 3.06. The number of carbonyl (C=O) groups excluding carboxylic acids is 1. The number of thiazole rings is 1. The average molecular weight is 329 g/mol. The van der Waals surface area contributed by atoms with Crippen LogP contribution in [0.15, 0.2) is 29.6 Å². The minimum absolute atomic E-state index is 0.131. The van der Waals surface area contributed by atoms with E-state index in [9.17, 15) is 4.79 Å². The second-order valence-corrected chi connectivity index (χ2v) is 7.60. The third kappa shape index (κ3) is 3.62. The van der Waals surface area contributed by atoms with Gasteiger partial charge in [0, 0.05) is 17.5 Å². The quantitative estimate of drug-likeness (QED) is 0.937. The van der Waals surface area contributed by atoms with Crippen LogP contribution in [-0.2, 0) is 11.3 Å². The second-order valence-electron chi connectivity index (χ2n) is 6.74. The van der Waals surface area contributed by atoms with Gasteiger partial charge in [0.25, 0.3) is 0 Å². The summed E-state index contributed by atoms with van der Waals surface area (Å²) in [5.41, 5.74) is 3.02. The molecule has 2 aromatic rings. The molecule has 0 spiro atoms. The number of hydrogen-bond acceptors (Lipinski definition) is 4. The number of amides is 1. The molecule has 1 unspecified atom stereocenters. The number of rotatable bonds is 4. The van der Waals surface area contributed by atoms with E-state index in [4.69, 9.17) is 0 Å². The van der Waals surface area contributed by atoms with E-state index in [2.05, 4.69) is 47.4 Å². The van der Waals surface area contributed by atoms with Crippen LogP contribution in [0.25, 0.3) is 10.6 Å². The third-order valence-electron chi connectivity index (χ3n) is 4.46. The smallest absolute Gasteiger partial charge is 0.227 e. The van der Waals surface area contributed by atoms with E-state index in [1.165, 1.54) is 5.56 Å². The van der Waals surface area contributed by atoms with Crippen LogP contribution in [0.1, 0.15) is 24.6 Å². The van der Waals surface area contributed by atoms with E-state index in [1.54, 1.807) is 11.3 Å². The highest BCUT2D eigenvalue weighted by atomic mass is 32.1. The Bertz CT molecular complexity index is 712. The van der Waals surface area contributed by atoms with Crippen LogP contribution in [0.2, 0.25) is 0 Å². The van der Waals surface area contributed by atoms with Gasteiger partial charge in [-0.25, -0.2) is 4.98 Å². The molecule has 0 aliphatic carbocycles. The number of aromatic nitrogens is 1. The molecule has 2 heterocycles. The molecule has 1 N–H and O–H groups in total. The lowest BCUT2D eigenvalue weighted by Gasteiger charge is -2.22. The first kappa shape index (κ1) is 16.1. The van der Waals surface area contributed by atoms with E-state index in [1.807, 2.05) is 18.4 Å². The van der Waals surface area contributed by atoms with Crippen molar-refractivity contribution >= 4 is 17.2 Å². The summed E-state index contributed by atoms with van der Waals surface area (Å²) >= 11 is 1.62. The zero-order chi connectivity index (χ0) is 16.4. The van der Waals surface area contributed by atoms with Gasteiger partial charge in [-0.3, -0.25) is 4.79 Å². The Morgan fingerprint density at radius 1 is 1.48 bits per heavy atom. The predicted octanol–water partition coefficient (Wildman–Crippen LogP) is 3.08. The van der Waals surface area contributed by atoms with Gasteiger partial charge in [-0.05, 0) is 39.9 Å². The lowest BCUT2D eigenvalue weighted by Crippen LogP contribution is -2.40. The Balaban J connectivity index is 1.62. The zero-order valence-electron chi connectivity index (χ0n) is 13.9. The Labute approximate surface area is 141 Å². The van der Waals surface area contributed by atoms with Gasteiger partial charge < -0.3 is 10.2 Å². The van der Waals surface area contributed by atoms with Crippen LogP contribution < -0.4 is 5.32 Å². The fourth-order valence-corrected chi connectivity index (χ4v) is 3.88. The van der Waals surface area contributed by atoms with Crippen molar-refractivity contribution in [3.63, 3.8) is 0 Å². The van der Waals surface area contributed by atoms with Gasteiger partial charge in [0.15, 0.2) is 0 Å². The highest BCUT2D eigenvalue weighted by Crippen LogP contribution is 2.29. The van der Waals surface area contributed by atoms with Crippen LogP contribution in [0.5, 0.6) is 0 Å². The summed E-state index contributed by atoms with van der Waals surface area (Å²) in [6, 6.07) is 8.34. The van der Waals surface area contributed by atoms with E-state index >= 15 is 0 Å². The van der Waals surface area contributed by atoms with Crippen molar-refractivity contribution in [3.05, 3.63) is 40.9 Å². The van der Waals surface area contributed by atoms with Gasteiger partial charge >= 0.3 is 0 Å². The van der Waals surface area contributed by atoms with Crippen molar-refractivity contribution in [2.45, 2.75) is 26.8 Å². The van der Waals surface area contributed by atoms with Gasteiger partial charge in [0.05, 0.1) is 17.7 Å². The molecule has 3 rings (SSSR count). The normalized spacial score (nSPS) is 21.5. The molecule has 1 fully saturated rings. The molecule has 0 saturated carbocycles. The van der Waals surface area contributed by atoms with Crippen LogP contribution in [0.3, 0.4) is 0 Å². The fraction of sp³-hybridized carbons (Fsp3) is 0.444. The van der Waals surface area contributed by atoms with Crippen LogP contribution in [0, 0.1) is 12.3 Å². The summed E-state index contributed by atoms with van der Waals surface area (Å²) in [6.07, 6.45) is 0.918. The van der Waals surface area contributed by atoms with Crippen molar-refractivity contribution in [1.82, 2.24) is 15.2 Å². The van der Waals surface area contributed by atoms with Gasteiger partial charge in [0.1, 0.15) is 5.01 Å². The van der Waals surface area contributed by atoms with E-state index in [0.29, 0.717) is 6.54 Å². The van der Waals surface area contributed by atoms with Crippen LogP contribution in [-0.4, -0.2) is 35.9 Å². The number of nitrogens with one attached hydrogen (secondary N) is 1. The average Bonchev–Trinajstić information content (AvgIpc) is 3.12. The highest BCUT2D eigenvalue weighted by molar-refractivity contribution is 7.13. The molecule has 1 aromatic heterocycles. The number of carbonyl (C=O) groups is 1. The molecule has 0 radical (unpaired) electrons. The second kappa shape index (κ2) is 6.42. The lowest BCUT2D eigenvalue weighted by molar-refractivity contribution is -0.129. The molecule has 0 bridgehead atoms. The summed E-state index contributed by atoms with van der Waals surface area (Å²) in [4.78, 5) is 19.3. The molecule has 1 amide bonds. The molecule has 1 aromatic carbocycles. The Hall–Kier alpha value is -1.72. The van der Waals surface area contributed by atoms with E-state index in [0.717, 1.165) is 35.8 Å². The molecule has 23 heavy (non-hydrogen) atoms. The topological polar surface area (TPSA) is 45.2 Å². The molecule has 1 atom stereocenters. The summed E-state index contributed by atoms with van der Waals surface area (Å²) < 4.78 is 0. The van der Waals surface area contributed by atoms with Gasteiger partial charge in [-0.1, -0.05) is 23.8 Å². The van der Waals surface area contributed by atoms with Crippen molar-refractivity contribution < 1.29 is 4.79 Å². The van der Waals surface area contributed by atoms with E-state index < -0.39 is 0 Å². The number of benzene rings is 1. The molecule has 4 nitrogen and oxygen atoms in total. The number of hydrogen-bond donors (Lipinski definition) is 1. The minimum Gasteiger partial charge on any atom is -0.350 e. The molecular weight excluding hydrogens is 306 g/mol. The maximum absolute atomic E-state index is 12.4. The maximum Gasteiger partial charge on any atom is 0.227 e. The molecule has 122 valence electrons. The summed E-state index contributed by atoms with van der Waals surface area (Å²) in [5.74, 6) is 0.131. The summed E-state index contributed by atoms with van der Waals surface area (Å²) in [6.45, 7) is 6.44. The molecule has 1 aliphatic heterocycles. The Kier molecular flexibility index (Phi) is 4.50. The zero-order valence-corrected chi connectivity index (χ0v) is 14.7. The standard InChI is InChI=1S/C18H23N3OS/c1-13-5-4-6-14(9-13)16-20-15(11-23-16)10-19-17(22)18(2)7-8-21(3)12-18/h4-6,9,11H,7-8,10,12H2,1-3H3,(H,19,22). The first-order valence-corrected chi connectivity index (χ1v) is 8.82. The van der Waals surface area contributed by atoms with Crippen molar-refractivity contribution in [3.8, 4) is 10.6 Å². The Morgan fingerprint density at radius 2 is 2.30 bits per heavy atom. The molecular formula is C18H23N3OS. The lowest BCUT2D eigenvalue weighted by atomic mass is 9.89. The maximum atomic E-state index is 12.4. The Morgan fingerprint density at radius 3 is 3.00 bits per heavy atom. The van der Waals surface area contributed by atoms with Gasteiger partial charge in [-0.2, -0.15) is 0 Å². The number of nitrogens with zero attached hydrogens (tertiary/aromatic N) is 2. The third-order valence-corrected chi connectivity index (χ3v) is 5.40. The number of aryl methyl sites for hydroxylation is 1. The van der Waals surface area contributed by atoms with Gasteiger partial charge in [-0.15, -0.1) is 11.3 Å². The van der Waals surface area contributed by atoms with Crippen molar-refractivity contribution in [1.29, 1.82) is 0 Å². The van der Waals surface area contributed by atoms with Gasteiger partial charge in [0.2, 0.25) is 5.91 Å². The first-order valence-electron chi connectivity index (χ1n) is 7.95. The summed E-state index contributed by atoms with van der Waals surface area (Å²) in [5, 5.41) is 6.09. The minimum atomic E-state index is -0.274. The van der Waals surface area contributed by atoms with E-state index in [-0.39, 0.29) is 11.3 Å². The van der Waals surface area contributed by atoms with Crippen molar-refractivity contribution in [2.24, 2.45) is 5.41 Å². The molecule has 1 saturated heterocycles. The van der Waals surface area contributed by atoms with Crippen molar-refractivity contribution in [2.75, 3.05) is 20.1 Å². The summed E-state index contributed by atoms with van der Waals surface area (Å²) in [7, 11) is 2.06. The predicted molar refractivity (Wildman–Crippen MR) is 94.4 cm³/mol. The molecule has 5 heteroatoms.